The second-order valence-electron chi connectivity index (χ2n) is 11.2. The van der Waals surface area contributed by atoms with E-state index in [1.165, 1.54) is 37.6 Å². The van der Waals surface area contributed by atoms with E-state index in [2.05, 4.69) is 15.3 Å². The molecule has 0 N–H and O–H groups in total. The molecule has 2 aliphatic rings. The minimum absolute atomic E-state index is 0.126. The van der Waals surface area contributed by atoms with Gasteiger partial charge in [-0.3, -0.25) is 4.79 Å². The molecule has 0 spiro atoms. The summed E-state index contributed by atoms with van der Waals surface area (Å²) in [6, 6.07) is 19.2. The third-order valence-electron chi connectivity index (χ3n) is 8.06. The van der Waals surface area contributed by atoms with Crippen LogP contribution in [0.25, 0.3) is 5.69 Å². The van der Waals surface area contributed by atoms with Crippen molar-refractivity contribution in [2.75, 3.05) is 39.4 Å². The van der Waals surface area contributed by atoms with E-state index in [0.29, 0.717) is 66.2 Å². The SMILES string of the molecule is C/C(=N\N=c1\sc(C(=O)c2ccc(S(=O)(=O)N3CCCCC3)cc2)nn1-c1ccc(Cl)cc1)c1ccc(S(=O)(=O)N2CCOCC2)cc1. The number of ether oxygens (including phenoxy) is 1. The Morgan fingerprint density at radius 3 is 1.90 bits per heavy atom. The van der Waals surface area contributed by atoms with Crippen molar-refractivity contribution in [2.45, 2.75) is 36.0 Å². The van der Waals surface area contributed by atoms with Crippen molar-refractivity contribution in [1.82, 2.24) is 18.4 Å². The quantitative estimate of drug-likeness (QED) is 0.142. The highest BCUT2D eigenvalue weighted by atomic mass is 35.5. The van der Waals surface area contributed by atoms with E-state index in [1.54, 1.807) is 55.5 Å². The van der Waals surface area contributed by atoms with E-state index < -0.39 is 25.8 Å². The molecule has 0 saturated carbocycles. The predicted octanol–water partition coefficient (Wildman–Crippen LogP) is 4.34. The van der Waals surface area contributed by atoms with Crippen LogP contribution in [0.1, 0.15) is 47.1 Å². The van der Waals surface area contributed by atoms with Crippen LogP contribution in [0.2, 0.25) is 5.02 Å². The zero-order chi connectivity index (χ0) is 33.9. The zero-order valence-corrected chi connectivity index (χ0v) is 29.2. The summed E-state index contributed by atoms with van der Waals surface area (Å²) in [4.78, 5) is 14.2. The molecule has 1 aromatic heterocycles. The number of hydrogen-bond donors (Lipinski definition) is 0. The van der Waals surface area contributed by atoms with Crippen LogP contribution in [-0.2, 0) is 24.8 Å². The molecule has 48 heavy (non-hydrogen) atoms. The number of benzene rings is 3. The van der Waals surface area contributed by atoms with Gasteiger partial charge in [-0.2, -0.15) is 18.8 Å². The van der Waals surface area contributed by atoms with Crippen molar-refractivity contribution in [1.29, 1.82) is 0 Å². The number of sulfonamides is 2. The summed E-state index contributed by atoms with van der Waals surface area (Å²) in [5, 5.41) is 14.0. The summed E-state index contributed by atoms with van der Waals surface area (Å²) in [6.07, 6.45) is 2.67. The highest BCUT2D eigenvalue weighted by molar-refractivity contribution is 7.89. The third-order valence-corrected chi connectivity index (χ3v) is 13.0. The normalized spacial score (nSPS) is 17.5. The van der Waals surface area contributed by atoms with Crippen molar-refractivity contribution >= 4 is 54.5 Å². The van der Waals surface area contributed by atoms with Gasteiger partial charge >= 0.3 is 0 Å². The number of carbonyl (C=O) groups is 1. The Kier molecular flexibility index (Phi) is 10.4. The van der Waals surface area contributed by atoms with Crippen molar-refractivity contribution in [3.8, 4) is 5.69 Å². The Bertz CT molecular complexity index is 2100. The van der Waals surface area contributed by atoms with Crippen LogP contribution in [-0.4, -0.2) is 86.1 Å². The molecule has 2 fully saturated rings. The number of rotatable bonds is 9. The topological polar surface area (TPSA) is 144 Å². The van der Waals surface area contributed by atoms with E-state index in [-0.39, 0.29) is 20.4 Å². The molecule has 0 unspecified atom stereocenters. The molecule has 4 aromatic rings. The fraction of sp³-hybridized carbons (Fsp3) is 0.312. The summed E-state index contributed by atoms with van der Waals surface area (Å²) in [6.45, 7) is 4.06. The lowest BCUT2D eigenvalue weighted by Crippen LogP contribution is -2.40. The smallest absolute Gasteiger partial charge is 0.243 e. The van der Waals surface area contributed by atoms with Gasteiger partial charge in [0.15, 0.2) is 5.01 Å². The maximum Gasteiger partial charge on any atom is 0.243 e. The van der Waals surface area contributed by atoms with Crippen LogP contribution in [0.4, 0.5) is 0 Å². The van der Waals surface area contributed by atoms with E-state index in [1.807, 2.05) is 0 Å². The molecule has 0 radical (unpaired) electrons. The lowest BCUT2D eigenvalue weighted by atomic mass is 10.1. The largest absolute Gasteiger partial charge is 0.379 e. The molecule has 2 saturated heterocycles. The predicted molar refractivity (Wildman–Crippen MR) is 183 cm³/mol. The second kappa shape index (κ2) is 14.5. The van der Waals surface area contributed by atoms with E-state index in [4.69, 9.17) is 16.3 Å². The first-order valence-corrected chi connectivity index (χ1v) is 19.4. The summed E-state index contributed by atoms with van der Waals surface area (Å²) in [7, 11) is -7.27. The number of carbonyl (C=O) groups excluding carboxylic acids is 1. The van der Waals surface area contributed by atoms with Crippen LogP contribution in [0.3, 0.4) is 0 Å². The van der Waals surface area contributed by atoms with Gasteiger partial charge in [0, 0.05) is 36.8 Å². The summed E-state index contributed by atoms with van der Waals surface area (Å²) >= 11 is 7.13. The van der Waals surface area contributed by atoms with Crippen LogP contribution in [0, 0.1) is 0 Å². The Labute approximate surface area is 288 Å². The number of aromatic nitrogens is 2. The minimum atomic E-state index is -3.64. The Morgan fingerprint density at radius 2 is 1.31 bits per heavy atom. The monoisotopic (exact) mass is 728 g/mol. The van der Waals surface area contributed by atoms with Gasteiger partial charge in [-0.05, 0) is 86.0 Å². The fourth-order valence-electron chi connectivity index (χ4n) is 5.32. The average molecular weight is 729 g/mol. The lowest BCUT2D eigenvalue weighted by Gasteiger charge is -2.26. The fourth-order valence-corrected chi connectivity index (χ4v) is 9.20. The molecule has 0 aliphatic carbocycles. The Morgan fingerprint density at radius 1 is 0.771 bits per heavy atom. The highest BCUT2D eigenvalue weighted by Gasteiger charge is 2.27. The van der Waals surface area contributed by atoms with Gasteiger partial charge in [-0.1, -0.05) is 41.5 Å². The highest BCUT2D eigenvalue weighted by Crippen LogP contribution is 2.23. The maximum absolute atomic E-state index is 13.6. The second-order valence-corrected chi connectivity index (χ2v) is 16.5. The molecule has 0 amide bonds. The average Bonchev–Trinajstić information content (AvgIpc) is 3.55. The number of nitrogens with zero attached hydrogens (tertiary/aromatic N) is 6. The molecule has 6 rings (SSSR count). The Balaban J connectivity index is 1.28. The zero-order valence-electron chi connectivity index (χ0n) is 26.0. The van der Waals surface area contributed by atoms with Gasteiger partial charge < -0.3 is 4.74 Å². The van der Waals surface area contributed by atoms with Crippen molar-refractivity contribution in [3.05, 3.63) is 98.8 Å². The maximum atomic E-state index is 13.6. The molecule has 2 aliphatic heterocycles. The summed E-state index contributed by atoms with van der Waals surface area (Å²) < 4.78 is 61.8. The van der Waals surface area contributed by atoms with Crippen LogP contribution in [0.5, 0.6) is 0 Å². The number of ketones is 1. The van der Waals surface area contributed by atoms with Crippen molar-refractivity contribution in [2.24, 2.45) is 10.2 Å². The molecular weight excluding hydrogens is 696 g/mol. The van der Waals surface area contributed by atoms with Gasteiger partial charge in [-0.15, -0.1) is 5.10 Å². The molecular formula is C32H33ClN6O6S3. The van der Waals surface area contributed by atoms with Crippen LogP contribution >= 0.6 is 22.9 Å². The molecule has 3 aromatic carbocycles. The summed E-state index contributed by atoms with van der Waals surface area (Å²) in [5.74, 6) is -0.399. The Hall–Kier alpha value is -3.57. The first-order valence-electron chi connectivity index (χ1n) is 15.3. The van der Waals surface area contributed by atoms with Gasteiger partial charge in [0.25, 0.3) is 0 Å². The third kappa shape index (κ3) is 7.37. The van der Waals surface area contributed by atoms with Gasteiger partial charge in [0.05, 0.1) is 34.4 Å². The van der Waals surface area contributed by atoms with E-state index >= 15 is 0 Å². The van der Waals surface area contributed by atoms with Gasteiger partial charge in [0.1, 0.15) is 0 Å². The standard InChI is InChI=1S/C32H33ClN6O6S3/c1-23(24-5-13-28(14-6-24)48(43,44)38-19-21-45-22-20-38)34-35-32-39(27-11-9-26(33)10-12-27)36-31(46-32)30(40)25-7-15-29(16-8-25)47(41,42)37-17-3-2-4-18-37/h5-16H,2-4,17-22H2,1H3/b34-23+,35-32+. The van der Waals surface area contributed by atoms with E-state index in [9.17, 15) is 21.6 Å². The van der Waals surface area contributed by atoms with Gasteiger partial charge in [0.2, 0.25) is 30.6 Å². The van der Waals surface area contributed by atoms with Crippen molar-refractivity contribution in [3.63, 3.8) is 0 Å². The van der Waals surface area contributed by atoms with E-state index in [0.717, 1.165) is 30.6 Å². The first-order chi connectivity index (χ1) is 23.0. The molecule has 252 valence electrons. The number of piperidine rings is 1. The lowest BCUT2D eigenvalue weighted by molar-refractivity contribution is 0.0730. The molecule has 0 bridgehead atoms. The first kappa shape index (κ1) is 34.3. The summed E-state index contributed by atoms with van der Waals surface area (Å²) in [5.41, 5.74) is 2.06. The van der Waals surface area contributed by atoms with Gasteiger partial charge in [-0.25, -0.2) is 21.5 Å². The molecule has 16 heteroatoms. The van der Waals surface area contributed by atoms with Crippen molar-refractivity contribution < 1.29 is 26.4 Å². The number of hydrogen-bond acceptors (Lipinski definition) is 10. The minimum Gasteiger partial charge on any atom is -0.379 e. The molecule has 12 nitrogen and oxygen atoms in total. The van der Waals surface area contributed by atoms with Crippen LogP contribution < -0.4 is 4.80 Å². The number of halogens is 1. The molecule has 3 heterocycles. The number of morpholine rings is 1. The molecule has 0 atom stereocenters. The van der Waals surface area contributed by atoms with Crippen LogP contribution in [0.15, 0.2) is 92.8 Å².